The number of hydrogen-bond acceptors (Lipinski definition) is 6. The van der Waals surface area contributed by atoms with E-state index in [1.54, 1.807) is 48.5 Å². The van der Waals surface area contributed by atoms with Gasteiger partial charge in [0, 0.05) is 12.1 Å². The molecule has 126 valence electrons. The average Bonchev–Trinajstić information content (AvgIpc) is 3.21. The number of hydrogen-bond donors (Lipinski definition) is 1. The number of nitrogens with one attached hydrogen (secondary N) is 1. The van der Waals surface area contributed by atoms with Gasteiger partial charge in [-0.15, -0.1) is 5.10 Å². The fourth-order valence-electron chi connectivity index (χ4n) is 2.23. The van der Waals surface area contributed by atoms with E-state index in [0.717, 1.165) is 5.56 Å². The van der Waals surface area contributed by atoms with Crippen LogP contribution in [0.1, 0.15) is 26.3 Å². The molecule has 1 N–H and O–H groups in total. The quantitative estimate of drug-likeness (QED) is 0.706. The van der Waals surface area contributed by atoms with Crippen molar-refractivity contribution in [3.8, 4) is 5.69 Å². The molecule has 25 heavy (non-hydrogen) atoms. The number of carbonyl (C=O) groups excluding carboxylic acids is 2. The molecule has 1 aromatic heterocycles. The number of nitrogens with zero attached hydrogens (tertiary/aromatic N) is 4. The minimum absolute atomic E-state index is 0.216. The molecule has 0 saturated heterocycles. The Kier molecular flexibility index (Phi) is 4.79. The molecular weight excluding hydrogens is 322 g/mol. The van der Waals surface area contributed by atoms with Gasteiger partial charge >= 0.3 is 5.97 Å². The zero-order valence-electron chi connectivity index (χ0n) is 13.4. The van der Waals surface area contributed by atoms with Crippen molar-refractivity contribution in [1.29, 1.82) is 0 Å². The van der Waals surface area contributed by atoms with E-state index in [4.69, 9.17) is 0 Å². The maximum Gasteiger partial charge on any atom is 0.337 e. The molecule has 8 heteroatoms. The van der Waals surface area contributed by atoms with Crippen molar-refractivity contribution >= 4 is 11.9 Å². The Morgan fingerprint density at radius 2 is 1.92 bits per heavy atom. The summed E-state index contributed by atoms with van der Waals surface area (Å²) in [6, 6.07) is 13.8. The molecule has 1 heterocycles. The highest BCUT2D eigenvalue weighted by molar-refractivity contribution is 5.94. The number of methoxy groups -OCH3 is 1. The van der Waals surface area contributed by atoms with Crippen molar-refractivity contribution in [3.63, 3.8) is 0 Å². The monoisotopic (exact) mass is 337 g/mol. The summed E-state index contributed by atoms with van der Waals surface area (Å²) in [4.78, 5) is 23.7. The summed E-state index contributed by atoms with van der Waals surface area (Å²) in [6.07, 6.45) is 1.46. The lowest BCUT2D eigenvalue weighted by molar-refractivity contribution is 0.0600. The first kappa shape index (κ1) is 16.3. The van der Waals surface area contributed by atoms with Gasteiger partial charge in [-0.25, -0.2) is 9.48 Å². The Balaban J connectivity index is 1.65. The number of carbonyl (C=O) groups is 2. The Morgan fingerprint density at radius 1 is 1.12 bits per heavy atom. The summed E-state index contributed by atoms with van der Waals surface area (Å²) in [5.74, 6) is -0.609. The van der Waals surface area contributed by atoms with Crippen molar-refractivity contribution in [1.82, 2.24) is 25.5 Å². The van der Waals surface area contributed by atoms with E-state index in [1.807, 2.05) is 0 Å². The normalized spacial score (nSPS) is 10.3. The first-order valence-electron chi connectivity index (χ1n) is 7.46. The van der Waals surface area contributed by atoms with E-state index in [0.29, 0.717) is 23.4 Å². The van der Waals surface area contributed by atoms with Crippen LogP contribution < -0.4 is 5.32 Å². The summed E-state index contributed by atoms with van der Waals surface area (Å²) in [5.41, 5.74) is 2.53. The zero-order chi connectivity index (χ0) is 17.6. The van der Waals surface area contributed by atoms with Crippen molar-refractivity contribution in [2.75, 3.05) is 7.11 Å². The molecule has 3 rings (SSSR count). The Bertz CT molecular complexity index is 876. The lowest BCUT2D eigenvalue weighted by atomic mass is 10.1. The maximum atomic E-state index is 12.3. The van der Waals surface area contributed by atoms with Crippen LogP contribution in [0, 0.1) is 0 Å². The second-order valence-electron chi connectivity index (χ2n) is 5.18. The number of benzene rings is 2. The molecule has 0 fully saturated rings. The molecule has 8 nitrogen and oxygen atoms in total. The van der Waals surface area contributed by atoms with Crippen molar-refractivity contribution < 1.29 is 14.3 Å². The third-order valence-electron chi connectivity index (χ3n) is 3.55. The van der Waals surface area contributed by atoms with E-state index in [-0.39, 0.29) is 5.91 Å². The predicted octanol–water partition coefficient (Wildman–Crippen LogP) is 1.38. The summed E-state index contributed by atoms with van der Waals surface area (Å²) in [6.45, 7) is 0.343. The molecule has 0 aliphatic rings. The molecular formula is C17H15N5O3. The fourth-order valence-corrected chi connectivity index (χ4v) is 2.23. The number of ether oxygens (including phenoxy) is 1. The van der Waals surface area contributed by atoms with Crippen molar-refractivity contribution in [2.24, 2.45) is 0 Å². The zero-order valence-corrected chi connectivity index (χ0v) is 13.4. The van der Waals surface area contributed by atoms with Gasteiger partial charge in [-0.2, -0.15) is 0 Å². The van der Waals surface area contributed by atoms with Gasteiger partial charge in [0.2, 0.25) is 0 Å². The lowest BCUT2D eigenvalue weighted by Gasteiger charge is -2.07. The SMILES string of the molecule is COC(=O)c1ccc(CNC(=O)c2cccc(-n3cnnn3)c2)cc1. The van der Waals surface area contributed by atoms with Gasteiger partial charge in [0.15, 0.2) is 0 Å². The predicted molar refractivity (Wildman–Crippen MR) is 88.1 cm³/mol. The maximum absolute atomic E-state index is 12.3. The molecule has 0 bridgehead atoms. The summed E-state index contributed by atoms with van der Waals surface area (Å²) in [5, 5.41) is 13.8. The van der Waals surface area contributed by atoms with Crippen LogP contribution in [-0.2, 0) is 11.3 Å². The standard InChI is InChI=1S/C17H15N5O3/c1-25-17(24)13-7-5-12(6-8-13)10-18-16(23)14-3-2-4-15(9-14)22-11-19-20-21-22/h2-9,11H,10H2,1H3,(H,18,23). The largest absolute Gasteiger partial charge is 0.465 e. The fraction of sp³-hybridized carbons (Fsp3) is 0.118. The van der Waals surface area contributed by atoms with Gasteiger partial charge in [0.25, 0.3) is 5.91 Å². The second-order valence-corrected chi connectivity index (χ2v) is 5.18. The highest BCUT2D eigenvalue weighted by atomic mass is 16.5. The van der Waals surface area contributed by atoms with Gasteiger partial charge in [-0.05, 0) is 46.3 Å². The molecule has 0 atom stereocenters. The van der Waals surface area contributed by atoms with E-state index >= 15 is 0 Å². The second kappa shape index (κ2) is 7.35. The number of amides is 1. The Morgan fingerprint density at radius 3 is 2.60 bits per heavy atom. The van der Waals surface area contributed by atoms with Gasteiger partial charge < -0.3 is 10.1 Å². The van der Waals surface area contributed by atoms with Crippen LogP contribution >= 0.6 is 0 Å². The van der Waals surface area contributed by atoms with Gasteiger partial charge in [-0.3, -0.25) is 4.79 Å². The first-order chi connectivity index (χ1) is 12.2. The summed E-state index contributed by atoms with van der Waals surface area (Å²) < 4.78 is 6.12. The lowest BCUT2D eigenvalue weighted by Crippen LogP contribution is -2.23. The minimum atomic E-state index is -0.394. The summed E-state index contributed by atoms with van der Waals surface area (Å²) >= 11 is 0. The highest BCUT2D eigenvalue weighted by Crippen LogP contribution is 2.10. The van der Waals surface area contributed by atoms with Crippen molar-refractivity contribution in [2.45, 2.75) is 6.54 Å². The third kappa shape index (κ3) is 3.86. The van der Waals surface area contributed by atoms with E-state index in [2.05, 4.69) is 25.6 Å². The molecule has 2 aromatic carbocycles. The van der Waals surface area contributed by atoms with Gasteiger partial charge in [0.05, 0.1) is 18.4 Å². The molecule has 0 unspecified atom stereocenters. The van der Waals surface area contributed by atoms with Crippen molar-refractivity contribution in [3.05, 3.63) is 71.5 Å². The molecule has 0 aliphatic heterocycles. The van der Waals surface area contributed by atoms with Gasteiger partial charge in [0.1, 0.15) is 6.33 Å². The minimum Gasteiger partial charge on any atom is -0.465 e. The molecule has 0 spiro atoms. The van der Waals surface area contributed by atoms with Crippen LogP contribution in [0.15, 0.2) is 54.9 Å². The number of esters is 1. The van der Waals surface area contributed by atoms with E-state index in [9.17, 15) is 9.59 Å². The van der Waals surface area contributed by atoms with Crippen LogP contribution in [0.5, 0.6) is 0 Å². The summed E-state index contributed by atoms with van der Waals surface area (Å²) in [7, 11) is 1.33. The van der Waals surface area contributed by atoms with Gasteiger partial charge in [-0.1, -0.05) is 18.2 Å². The number of rotatable bonds is 5. The molecule has 0 saturated carbocycles. The van der Waals surface area contributed by atoms with Crippen LogP contribution in [0.2, 0.25) is 0 Å². The Hall–Kier alpha value is -3.55. The number of tetrazole rings is 1. The van der Waals surface area contributed by atoms with Crippen LogP contribution in [-0.4, -0.2) is 39.2 Å². The van der Waals surface area contributed by atoms with Crippen LogP contribution in [0.25, 0.3) is 5.69 Å². The Labute approximate surface area is 143 Å². The molecule has 0 radical (unpaired) electrons. The number of aromatic nitrogens is 4. The molecule has 1 amide bonds. The van der Waals surface area contributed by atoms with Crippen LogP contribution in [0.4, 0.5) is 0 Å². The highest BCUT2D eigenvalue weighted by Gasteiger charge is 2.08. The van der Waals surface area contributed by atoms with Crippen LogP contribution in [0.3, 0.4) is 0 Å². The average molecular weight is 337 g/mol. The van der Waals surface area contributed by atoms with E-state index in [1.165, 1.54) is 18.1 Å². The first-order valence-corrected chi connectivity index (χ1v) is 7.46. The molecule has 3 aromatic rings. The molecule has 0 aliphatic carbocycles. The topological polar surface area (TPSA) is 99.0 Å². The third-order valence-corrected chi connectivity index (χ3v) is 3.55. The van der Waals surface area contributed by atoms with E-state index < -0.39 is 5.97 Å². The smallest absolute Gasteiger partial charge is 0.337 e.